The van der Waals surface area contributed by atoms with Gasteiger partial charge in [-0.25, -0.2) is 0 Å². The summed E-state index contributed by atoms with van der Waals surface area (Å²) < 4.78 is 10.1. The Morgan fingerprint density at radius 2 is 1.91 bits per heavy atom. The van der Waals surface area contributed by atoms with Gasteiger partial charge in [0, 0.05) is 0 Å². The predicted octanol–water partition coefficient (Wildman–Crippen LogP) is 1.61. The number of hydrogen-bond donors (Lipinski definition) is 0. The molecule has 0 aromatic carbocycles. The van der Waals surface area contributed by atoms with Gasteiger partial charge in [-0.05, 0) is 0 Å². The number of rotatable bonds is 0. The van der Waals surface area contributed by atoms with Crippen LogP contribution in [-0.4, -0.2) is 27.9 Å². The topological polar surface area (TPSA) is 38.7 Å². The van der Waals surface area contributed by atoms with Crippen LogP contribution in [0.25, 0.3) is 11.0 Å². The fourth-order valence-electron chi connectivity index (χ4n) is 0.716. The van der Waals surface area contributed by atoms with Crippen LogP contribution in [0.4, 0.5) is 0 Å². The van der Waals surface area contributed by atoms with Gasteiger partial charge < -0.3 is 0 Å². The van der Waals surface area contributed by atoms with Crippen molar-refractivity contribution < 1.29 is 0 Å². The van der Waals surface area contributed by atoms with E-state index in [1.807, 2.05) is 0 Å². The first kappa shape index (κ1) is 7.86. The quantitative estimate of drug-likeness (QED) is 0.540. The summed E-state index contributed by atoms with van der Waals surface area (Å²) in [6.45, 7) is 0. The van der Waals surface area contributed by atoms with Crippen molar-refractivity contribution in [3.05, 3.63) is 15.3 Å². The summed E-state index contributed by atoms with van der Waals surface area (Å²) in [4.78, 5) is 4.08. The van der Waals surface area contributed by atoms with Gasteiger partial charge in [-0.3, -0.25) is 0 Å². The van der Waals surface area contributed by atoms with Gasteiger partial charge in [0.05, 0.1) is 0 Å². The number of aromatic nitrogens is 3. The van der Waals surface area contributed by atoms with Gasteiger partial charge >= 0.3 is 86.1 Å². The van der Waals surface area contributed by atoms with E-state index >= 15 is 0 Å². The van der Waals surface area contributed by atoms with E-state index in [4.69, 9.17) is 0 Å². The molecule has 6 heteroatoms. The third-order valence-electron chi connectivity index (χ3n) is 1.20. The van der Waals surface area contributed by atoms with E-state index in [2.05, 4.69) is 44.8 Å². The molecule has 0 aliphatic heterocycles. The number of fused-ring (bicyclic) bond motifs is 1. The summed E-state index contributed by atoms with van der Waals surface area (Å²) in [5, 5.41) is 0. The standard InChI is InChI=1S/C5HBr2N3Se/c6-2-1-8-5(7)4-3(2)9-11-10-4/h1H. The molecule has 0 saturated carbocycles. The average Bonchev–Trinajstić information content (AvgIpc) is 2.45. The average molecular weight is 342 g/mol. The number of hydrogen-bond acceptors (Lipinski definition) is 3. The minimum absolute atomic E-state index is 0.0103. The summed E-state index contributed by atoms with van der Waals surface area (Å²) >= 11 is 6.67. The molecule has 11 heavy (non-hydrogen) atoms. The summed E-state index contributed by atoms with van der Waals surface area (Å²) in [5.41, 5.74) is 1.80. The van der Waals surface area contributed by atoms with Crippen LogP contribution >= 0.6 is 31.9 Å². The van der Waals surface area contributed by atoms with Crippen LogP contribution in [-0.2, 0) is 0 Å². The molecule has 0 radical (unpaired) electrons. The summed E-state index contributed by atoms with van der Waals surface area (Å²) in [6.07, 6.45) is 1.73. The Labute approximate surface area is 85.7 Å². The van der Waals surface area contributed by atoms with Crippen LogP contribution in [0, 0.1) is 0 Å². The Morgan fingerprint density at radius 3 is 2.64 bits per heavy atom. The molecule has 2 aromatic rings. The van der Waals surface area contributed by atoms with E-state index in [0.29, 0.717) is 0 Å². The normalized spacial score (nSPS) is 10.7. The number of nitrogens with zero attached hydrogens (tertiary/aromatic N) is 3. The van der Waals surface area contributed by atoms with Crippen LogP contribution in [0.1, 0.15) is 0 Å². The van der Waals surface area contributed by atoms with Gasteiger partial charge in [0.15, 0.2) is 0 Å². The fourth-order valence-corrected chi connectivity index (χ4v) is 3.18. The predicted molar refractivity (Wildman–Crippen MR) is 49.7 cm³/mol. The third kappa shape index (κ3) is 1.28. The maximum atomic E-state index is 4.24. The zero-order chi connectivity index (χ0) is 7.84. The molecule has 3 nitrogen and oxygen atoms in total. The van der Waals surface area contributed by atoms with Gasteiger partial charge in [0.25, 0.3) is 0 Å². The van der Waals surface area contributed by atoms with Crippen LogP contribution in [0.3, 0.4) is 0 Å². The molecule has 0 spiro atoms. The van der Waals surface area contributed by atoms with Gasteiger partial charge in [-0.15, -0.1) is 0 Å². The molecule has 0 bridgehead atoms. The monoisotopic (exact) mass is 341 g/mol. The zero-order valence-corrected chi connectivity index (χ0v) is 9.97. The Hall–Kier alpha value is 0.229. The Kier molecular flexibility index (Phi) is 2.10. The summed E-state index contributed by atoms with van der Waals surface area (Å²) in [7, 11) is 0. The molecule has 0 amide bonds. The van der Waals surface area contributed by atoms with Crippen LogP contribution in [0.15, 0.2) is 15.3 Å². The molecule has 0 aliphatic rings. The molecule has 0 unspecified atom stereocenters. The van der Waals surface area contributed by atoms with Crippen LogP contribution in [0.5, 0.6) is 0 Å². The SMILES string of the molecule is Brc1cnc(Br)c2n[se]nc12. The Bertz CT molecular complexity index is 364. The van der Waals surface area contributed by atoms with Gasteiger partial charge in [-0.2, -0.15) is 0 Å². The Balaban J connectivity index is 2.96. The first-order valence-electron chi connectivity index (χ1n) is 2.71. The van der Waals surface area contributed by atoms with E-state index in [1.165, 1.54) is 0 Å². The second kappa shape index (κ2) is 2.94. The molecular weight excluding hydrogens is 341 g/mol. The van der Waals surface area contributed by atoms with Crippen molar-refractivity contribution in [1.82, 2.24) is 12.9 Å². The van der Waals surface area contributed by atoms with E-state index in [0.717, 1.165) is 20.1 Å². The van der Waals surface area contributed by atoms with Crippen LogP contribution in [0.2, 0.25) is 0 Å². The second-order valence-electron chi connectivity index (χ2n) is 1.86. The minimum atomic E-state index is 0.0103. The molecule has 0 aliphatic carbocycles. The molecule has 0 saturated heterocycles. The Morgan fingerprint density at radius 1 is 1.18 bits per heavy atom. The zero-order valence-electron chi connectivity index (χ0n) is 5.08. The van der Waals surface area contributed by atoms with Crippen LogP contribution < -0.4 is 0 Å². The van der Waals surface area contributed by atoms with Crippen molar-refractivity contribution in [1.29, 1.82) is 0 Å². The molecule has 56 valence electrons. The number of halogens is 2. The van der Waals surface area contributed by atoms with Crippen molar-refractivity contribution in [2.75, 3.05) is 0 Å². The van der Waals surface area contributed by atoms with Crippen molar-refractivity contribution >= 4 is 57.9 Å². The maximum absolute atomic E-state index is 4.24. The summed E-state index contributed by atoms with van der Waals surface area (Å²) in [5.74, 6) is 0. The molecule has 0 fully saturated rings. The molecular formula is C5HBr2N3Se. The molecule has 0 N–H and O–H groups in total. The van der Waals surface area contributed by atoms with E-state index in [-0.39, 0.29) is 15.0 Å². The van der Waals surface area contributed by atoms with Crippen molar-refractivity contribution in [3.63, 3.8) is 0 Å². The van der Waals surface area contributed by atoms with E-state index < -0.39 is 0 Å². The van der Waals surface area contributed by atoms with Crippen molar-refractivity contribution in [2.24, 2.45) is 0 Å². The fraction of sp³-hybridized carbons (Fsp3) is 0. The summed E-state index contributed by atoms with van der Waals surface area (Å²) in [6, 6.07) is 0. The first-order valence-corrected chi connectivity index (χ1v) is 5.83. The van der Waals surface area contributed by atoms with Crippen molar-refractivity contribution in [3.8, 4) is 0 Å². The first-order chi connectivity index (χ1) is 5.29. The van der Waals surface area contributed by atoms with Gasteiger partial charge in [-0.1, -0.05) is 0 Å². The third-order valence-corrected chi connectivity index (χ3v) is 3.47. The van der Waals surface area contributed by atoms with Gasteiger partial charge in [0.2, 0.25) is 0 Å². The van der Waals surface area contributed by atoms with E-state index in [9.17, 15) is 0 Å². The molecule has 2 aromatic heterocycles. The molecule has 0 atom stereocenters. The second-order valence-corrected chi connectivity index (χ2v) is 4.57. The van der Waals surface area contributed by atoms with Crippen molar-refractivity contribution in [2.45, 2.75) is 0 Å². The molecule has 2 rings (SSSR count). The number of pyridine rings is 1. The van der Waals surface area contributed by atoms with Gasteiger partial charge in [0.1, 0.15) is 0 Å². The van der Waals surface area contributed by atoms with E-state index in [1.54, 1.807) is 6.20 Å². The molecule has 2 heterocycles.